The van der Waals surface area contributed by atoms with Crippen LogP contribution in [0.4, 0.5) is 0 Å². The third-order valence-corrected chi connectivity index (χ3v) is 2.13. The fraction of sp³-hybridized carbons (Fsp3) is 0.333. The molecule has 0 fully saturated rings. The van der Waals surface area contributed by atoms with Crippen molar-refractivity contribution in [2.75, 3.05) is 0 Å². The molecule has 1 heterocycles. The van der Waals surface area contributed by atoms with Gasteiger partial charge < -0.3 is 4.89 Å². The fourth-order valence-electron chi connectivity index (χ4n) is 0.276. The first-order chi connectivity index (χ1) is 4.04. The zero-order valence-electron chi connectivity index (χ0n) is 3.83. The summed E-state index contributed by atoms with van der Waals surface area (Å²) in [6.07, 6.45) is 0. The molecule has 0 saturated carbocycles. The molecule has 1 aliphatic rings. The maximum atomic E-state index is 5.39. The molecular weight excluding hydrogens is 210 g/mol. The molecule has 0 atom stereocenters. The van der Waals surface area contributed by atoms with E-state index in [1.54, 1.807) is 0 Å². The van der Waals surface area contributed by atoms with Crippen molar-refractivity contribution in [3.05, 3.63) is 10.3 Å². The quantitative estimate of drug-likeness (QED) is 0.451. The van der Waals surface area contributed by atoms with Crippen molar-refractivity contribution in [2.45, 2.75) is 4.52 Å². The maximum Gasteiger partial charge on any atom is 0.302 e. The molecule has 0 aromatic carbocycles. The van der Waals surface area contributed by atoms with E-state index in [-0.39, 0.29) is 10.3 Å². The first-order valence-electron chi connectivity index (χ1n) is 1.83. The summed E-state index contributed by atoms with van der Waals surface area (Å²) >= 11 is 21.4. The average Bonchev–Trinajstić information content (AvgIpc) is 1.97. The van der Waals surface area contributed by atoms with Crippen molar-refractivity contribution in [2.24, 2.45) is 0 Å². The van der Waals surface area contributed by atoms with Crippen LogP contribution >= 0.6 is 46.4 Å². The van der Waals surface area contributed by atoms with Crippen LogP contribution in [0.2, 0.25) is 0 Å². The number of rotatable bonds is 0. The molecule has 0 bridgehead atoms. The van der Waals surface area contributed by atoms with Gasteiger partial charge in [0.15, 0.2) is 0 Å². The molecule has 1 aliphatic heterocycles. The number of hydrogen-bond donors (Lipinski definition) is 0. The molecule has 9 heavy (non-hydrogen) atoms. The highest BCUT2D eigenvalue weighted by molar-refractivity contribution is 6.56. The zero-order chi connectivity index (χ0) is 7.07. The molecule has 0 amide bonds. The molecule has 0 aromatic rings. The lowest BCUT2D eigenvalue weighted by Gasteiger charge is -2.05. The van der Waals surface area contributed by atoms with Gasteiger partial charge in [-0.2, -0.15) is 0 Å². The second-order valence-electron chi connectivity index (χ2n) is 1.27. The molecule has 0 saturated heterocycles. The Labute approximate surface area is 71.1 Å². The van der Waals surface area contributed by atoms with E-state index in [9.17, 15) is 0 Å². The largest absolute Gasteiger partial charge is 0.320 e. The van der Waals surface area contributed by atoms with Crippen LogP contribution in [0.15, 0.2) is 10.3 Å². The summed E-state index contributed by atoms with van der Waals surface area (Å²) in [5.74, 6) is 0. The minimum absolute atomic E-state index is 0.0625. The molecule has 0 unspecified atom stereocenters. The highest BCUT2D eigenvalue weighted by atomic mass is 35.5. The van der Waals surface area contributed by atoms with Gasteiger partial charge in [0.2, 0.25) is 0 Å². The van der Waals surface area contributed by atoms with E-state index in [1.165, 1.54) is 0 Å². The monoisotopic (exact) mass is 208 g/mol. The van der Waals surface area contributed by atoms with Gasteiger partial charge >= 0.3 is 4.52 Å². The van der Waals surface area contributed by atoms with Crippen LogP contribution in [0.1, 0.15) is 0 Å². The predicted molar refractivity (Wildman–Crippen MR) is 35.3 cm³/mol. The molecule has 0 N–H and O–H groups in total. The van der Waals surface area contributed by atoms with Gasteiger partial charge in [-0.1, -0.05) is 34.8 Å². The Morgan fingerprint density at radius 2 is 1.78 bits per heavy atom. The van der Waals surface area contributed by atoms with Gasteiger partial charge in [-0.25, -0.2) is 0 Å². The fourth-order valence-corrected chi connectivity index (χ4v) is 0.835. The summed E-state index contributed by atoms with van der Waals surface area (Å²) in [5.41, 5.74) is 0. The van der Waals surface area contributed by atoms with Gasteiger partial charge in [-0.3, -0.25) is 0 Å². The van der Waals surface area contributed by atoms with Gasteiger partial charge in [0.25, 0.3) is 5.22 Å². The highest BCUT2D eigenvalue weighted by Crippen LogP contribution is 2.43. The van der Waals surface area contributed by atoms with Crippen molar-refractivity contribution in [3.63, 3.8) is 0 Å². The van der Waals surface area contributed by atoms with Crippen LogP contribution < -0.4 is 0 Å². The van der Waals surface area contributed by atoms with Crippen LogP contribution in [0.3, 0.4) is 0 Å². The van der Waals surface area contributed by atoms with Crippen molar-refractivity contribution < 1.29 is 9.78 Å². The summed E-state index contributed by atoms with van der Waals surface area (Å²) in [6, 6.07) is 0. The third-order valence-electron chi connectivity index (χ3n) is 0.648. The van der Waals surface area contributed by atoms with E-state index in [0.717, 1.165) is 0 Å². The molecule has 52 valence electrons. The topological polar surface area (TPSA) is 18.5 Å². The average molecular weight is 210 g/mol. The SMILES string of the molecule is ClC1=C(Cl)C(Cl)(Cl)OO1. The van der Waals surface area contributed by atoms with E-state index in [1.807, 2.05) is 0 Å². The number of alkyl halides is 2. The van der Waals surface area contributed by atoms with Gasteiger partial charge in [0, 0.05) is 0 Å². The zero-order valence-corrected chi connectivity index (χ0v) is 6.85. The molecule has 0 aliphatic carbocycles. The van der Waals surface area contributed by atoms with Crippen molar-refractivity contribution in [3.8, 4) is 0 Å². The van der Waals surface area contributed by atoms with Crippen molar-refractivity contribution >= 4 is 46.4 Å². The third kappa shape index (κ3) is 1.38. The normalized spacial score (nSPS) is 24.4. The van der Waals surface area contributed by atoms with Crippen LogP contribution in [0.25, 0.3) is 0 Å². The first-order valence-corrected chi connectivity index (χ1v) is 3.34. The van der Waals surface area contributed by atoms with Crippen molar-refractivity contribution in [1.29, 1.82) is 0 Å². The second kappa shape index (κ2) is 2.36. The van der Waals surface area contributed by atoms with Crippen molar-refractivity contribution in [1.82, 2.24) is 0 Å². The minimum atomic E-state index is -1.64. The number of hydrogen-bond acceptors (Lipinski definition) is 2. The van der Waals surface area contributed by atoms with Crippen LogP contribution in [-0.4, -0.2) is 4.52 Å². The van der Waals surface area contributed by atoms with Crippen LogP contribution in [0, 0.1) is 0 Å². The molecule has 0 spiro atoms. The Hall–Kier alpha value is 0.660. The Morgan fingerprint density at radius 1 is 1.22 bits per heavy atom. The van der Waals surface area contributed by atoms with Crippen LogP contribution in [-0.2, 0) is 9.78 Å². The van der Waals surface area contributed by atoms with E-state index in [0.29, 0.717) is 0 Å². The maximum absolute atomic E-state index is 5.39. The van der Waals surface area contributed by atoms with Gasteiger partial charge in [-0.05, 0) is 11.6 Å². The van der Waals surface area contributed by atoms with Crippen LogP contribution in [0.5, 0.6) is 0 Å². The predicted octanol–water partition coefficient (Wildman–Crippen LogP) is 2.73. The summed E-state index contributed by atoms with van der Waals surface area (Å²) in [6.45, 7) is 0. The molecule has 2 nitrogen and oxygen atoms in total. The summed E-state index contributed by atoms with van der Waals surface area (Å²) < 4.78 is -1.64. The minimum Gasteiger partial charge on any atom is -0.320 e. The Morgan fingerprint density at radius 3 is 1.89 bits per heavy atom. The standard InChI is InChI=1S/C3Cl4O2/c4-1-2(5)8-9-3(1,6)7. The molecule has 1 rings (SSSR count). The summed E-state index contributed by atoms with van der Waals surface area (Å²) in [7, 11) is 0. The summed E-state index contributed by atoms with van der Waals surface area (Å²) in [5, 5.41) is -0.200. The lowest BCUT2D eigenvalue weighted by atomic mass is 10.6. The van der Waals surface area contributed by atoms with E-state index in [4.69, 9.17) is 46.4 Å². The Bertz CT molecular complexity index is 163. The lowest BCUT2D eigenvalue weighted by Crippen LogP contribution is -2.10. The van der Waals surface area contributed by atoms with Gasteiger partial charge in [0.1, 0.15) is 5.03 Å². The molecule has 6 heteroatoms. The Balaban J connectivity index is 2.88. The Kier molecular flexibility index (Phi) is 2.04. The lowest BCUT2D eigenvalue weighted by molar-refractivity contribution is -0.249. The van der Waals surface area contributed by atoms with Gasteiger partial charge in [-0.15, -0.1) is 4.89 Å². The molecule has 0 radical (unpaired) electrons. The second-order valence-corrected chi connectivity index (χ2v) is 3.25. The van der Waals surface area contributed by atoms with E-state index in [2.05, 4.69) is 9.78 Å². The van der Waals surface area contributed by atoms with E-state index >= 15 is 0 Å². The first kappa shape index (κ1) is 7.76. The number of halogens is 4. The highest BCUT2D eigenvalue weighted by Gasteiger charge is 2.41. The molecular formula is C3Cl4O2. The van der Waals surface area contributed by atoms with E-state index < -0.39 is 4.52 Å². The smallest absolute Gasteiger partial charge is 0.302 e. The molecule has 0 aromatic heterocycles. The summed E-state index contributed by atoms with van der Waals surface area (Å²) in [4.78, 5) is 8.49. The van der Waals surface area contributed by atoms with Gasteiger partial charge in [0.05, 0.1) is 0 Å².